The fraction of sp³-hybridized carbons (Fsp3) is 0.400. The van der Waals surface area contributed by atoms with Gasteiger partial charge in [-0.1, -0.05) is 0 Å². The average molecular weight is 406 g/mol. The van der Waals surface area contributed by atoms with Crippen molar-refractivity contribution in [3.05, 3.63) is 35.6 Å². The molecule has 0 aromatic carbocycles. The third kappa shape index (κ3) is 5.43. The number of pyridine rings is 1. The van der Waals surface area contributed by atoms with Gasteiger partial charge in [0.05, 0.1) is 12.2 Å². The molecule has 138 valence electrons. The van der Waals surface area contributed by atoms with Gasteiger partial charge < -0.3 is 20.3 Å². The minimum Gasteiger partial charge on any atom is -0.490 e. The number of rotatable bonds is 5. The van der Waals surface area contributed by atoms with Crippen molar-refractivity contribution >= 4 is 47.2 Å². The highest BCUT2D eigenvalue weighted by Gasteiger charge is 2.26. The average Bonchev–Trinajstić information content (AvgIpc) is 3.10. The summed E-state index contributed by atoms with van der Waals surface area (Å²) in [4.78, 5) is 22.4. The maximum Gasteiger partial charge on any atom is 0.270 e. The summed E-state index contributed by atoms with van der Waals surface area (Å²) in [5.74, 6) is 0.592. The molecule has 2 aromatic rings. The van der Waals surface area contributed by atoms with Crippen LogP contribution in [-0.4, -0.2) is 55.2 Å². The Kier molecular flexibility index (Phi) is 8.91. The van der Waals surface area contributed by atoms with Crippen molar-refractivity contribution in [1.82, 2.24) is 20.6 Å². The summed E-state index contributed by atoms with van der Waals surface area (Å²) in [6, 6.07) is 3.90. The second kappa shape index (κ2) is 10.4. The van der Waals surface area contributed by atoms with Crippen molar-refractivity contribution in [2.45, 2.75) is 6.04 Å². The zero-order valence-electron chi connectivity index (χ0n) is 13.7. The van der Waals surface area contributed by atoms with E-state index in [9.17, 15) is 4.79 Å². The Bertz CT molecular complexity index is 658. The van der Waals surface area contributed by atoms with Gasteiger partial charge in [-0.3, -0.25) is 9.78 Å². The van der Waals surface area contributed by atoms with Crippen LogP contribution in [0.25, 0.3) is 0 Å². The summed E-state index contributed by atoms with van der Waals surface area (Å²) >= 11 is 1.48. The van der Waals surface area contributed by atoms with Gasteiger partial charge in [-0.15, -0.1) is 36.2 Å². The smallest absolute Gasteiger partial charge is 0.270 e. The van der Waals surface area contributed by atoms with Crippen molar-refractivity contribution in [1.29, 1.82) is 0 Å². The fourth-order valence-electron chi connectivity index (χ4n) is 2.42. The molecule has 1 fully saturated rings. The SMILES string of the molecule is CNC(=O)c1csc(N2CCNCC2COc2cccnc2)n1.Cl.Cl. The molecule has 3 heterocycles. The summed E-state index contributed by atoms with van der Waals surface area (Å²) in [5.41, 5.74) is 0.456. The van der Waals surface area contributed by atoms with Crippen LogP contribution in [0.1, 0.15) is 10.5 Å². The third-order valence-corrected chi connectivity index (χ3v) is 4.50. The number of hydrogen-bond acceptors (Lipinski definition) is 7. The second-order valence-corrected chi connectivity index (χ2v) is 5.98. The van der Waals surface area contributed by atoms with Gasteiger partial charge in [0.1, 0.15) is 18.1 Å². The van der Waals surface area contributed by atoms with Gasteiger partial charge in [0.2, 0.25) is 0 Å². The van der Waals surface area contributed by atoms with Crippen LogP contribution in [-0.2, 0) is 0 Å². The number of anilines is 1. The Hall–Kier alpha value is -1.61. The van der Waals surface area contributed by atoms with E-state index in [-0.39, 0.29) is 36.8 Å². The van der Waals surface area contributed by atoms with Crippen molar-refractivity contribution in [3.8, 4) is 5.75 Å². The first-order valence-corrected chi connectivity index (χ1v) is 8.33. The number of carbonyl (C=O) groups is 1. The lowest BCUT2D eigenvalue weighted by atomic mass is 10.2. The first kappa shape index (κ1) is 21.4. The monoisotopic (exact) mass is 405 g/mol. The van der Waals surface area contributed by atoms with Gasteiger partial charge in [0.15, 0.2) is 5.13 Å². The van der Waals surface area contributed by atoms with E-state index in [0.29, 0.717) is 12.3 Å². The van der Waals surface area contributed by atoms with Crippen molar-refractivity contribution in [3.63, 3.8) is 0 Å². The van der Waals surface area contributed by atoms with E-state index in [2.05, 4.69) is 25.5 Å². The van der Waals surface area contributed by atoms with Crippen LogP contribution in [0, 0.1) is 0 Å². The molecule has 1 amide bonds. The number of piperazine rings is 1. The van der Waals surface area contributed by atoms with Crippen molar-refractivity contribution in [2.75, 3.05) is 38.2 Å². The van der Waals surface area contributed by atoms with Crippen LogP contribution in [0.4, 0.5) is 5.13 Å². The van der Waals surface area contributed by atoms with Crippen LogP contribution in [0.15, 0.2) is 29.9 Å². The molecule has 1 unspecified atom stereocenters. The van der Waals surface area contributed by atoms with Gasteiger partial charge in [-0.05, 0) is 12.1 Å². The molecule has 7 nitrogen and oxygen atoms in total. The molecule has 1 aliphatic heterocycles. The van der Waals surface area contributed by atoms with E-state index < -0.39 is 0 Å². The molecule has 1 saturated heterocycles. The van der Waals surface area contributed by atoms with E-state index in [1.165, 1.54) is 11.3 Å². The molecule has 1 aliphatic rings. The van der Waals surface area contributed by atoms with Gasteiger partial charge in [0.25, 0.3) is 5.91 Å². The standard InChI is InChI=1S/C15H19N5O2S.2ClH/c1-16-14(21)13-10-23-15(19-13)20-6-5-18-7-11(20)9-22-12-3-2-4-17-8-12;;/h2-4,8,10-11,18H,5-7,9H2,1H3,(H,16,21);2*1H. The summed E-state index contributed by atoms with van der Waals surface area (Å²) in [7, 11) is 1.61. The quantitative estimate of drug-likeness (QED) is 0.786. The maximum atomic E-state index is 11.7. The highest BCUT2D eigenvalue weighted by molar-refractivity contribution is 7.14. The molecule has 3 rings (SSSR count). The fourth-order valence-corrected chi connectivity index (χ4v) is 3.32. The van der Waals surface area contributed by atoms with E-state index in [1.54, 1.807) is 24.8 Å². The molecule has 2 aromatic heterocycles. The molecule has 10 heteroatoms. The lowest BCUT2D eigenvalue weighted by Crippen LogP contribution is -2.54. The molecule has 1 atom stereocenters. The largest absolute Gasteiger partial charge is 0.490 e. The molecular weight excluding hydrogens is 385 g/mol. The molecule has 25 heavy (non-hydrogen) atoms. The molecular formula is C15H21Cl2N5O2S. The number of hydrogen-bond donors (Lipinski definition) is 2. The number of ether oxygens (including phenoxy) is 1. The number of amides is 1. The Morgan fingerprint density at radius 3 is 3.08 bits per heavy atom. The van der Waals surface area contributed by atoms with Gasteiger partial charge in [0, 0.05) is 38.3 Å². The number of nitrogens with one attached hydrogen (secondary N) is 2. The molecule has 0 aliphatic carbocycles. The lowest BCUT2D eigenvalue weighted by Gasteiger charge is -2.35. The Morgan fingerprint density at radius 1 is 1.52 bits per heavy atom. The summed E-state index contributed by atoms with van der Waals surface area (Å²) in [6.45, 7) is 3.07. The number of carbonyl (C=O) groups excluding carboxylic acids is 1. The molecule has 0 radical (unpaired) electrons. The van der Waals surface area contributed by atoms with Gasteiger partial charge in [-0.2, -0.15) is 0 Å². The van der Waals surface area contributed by atoms with Crippen LogP contribution < -0.4 is 20.3 Å². The molecule has 2 N–H and O–H groups in total. The number of thiazole rings is 1. The number of nitrogens with zero attached hydrogens (tertiary/aromatic N) is 3. The predicted molar refractivity (Wildman–Crippen MR) is 104 cm³/mol. The predicted octanol–water partition coefficient (Wildman–Crippen LogP) is 1.60. The third-order valence-electron chi connectivity index (χ3n) is 3.62. The lowest BCUT2D eigenvalue weighted by molar-refractivity contribution is 0.0959. The maximum absolute atomic E-state index is 11.7. The summed E-state index contributed by atoms with van der Waals surface area (Å²) < 4.78 is 5.83. The molecule has 0 spiro atoms. The molecule has 0 saturated carbocycles. The first-order valence-electron chi connectivity index (χ1n) is 7.45. The minimum atomic E-state index is -0.161. The van der Waals surface area contributed by atoms with Crippen LogP contribution in [0.2, 0.25) is 0 Å². The zero-order valence-corrected chi connectivity index (χ0v) is 16.1. The minimum absolute atomic E-state index is 0. The Morgan fingerprint density at radius 2 is 2.36 bits per heavy atom. The van der Waals surface area contributed by atoms with E-state index >= 15 is 0 Å². The number of halogens is 2. The summed E-state index contributed by atoms with van der Waals surface area (Å²) in [6.07, 6.45) is 3.42. The topological polar surface area (TPSA) is 79.4 Å². The van der Waals surface area contributed by atoms with Crippen LogP contribution in [0.3, 0.4) is 0 Å². The van der Waals surface area contributed by atoms with E-state index in [0.717, 1.165) is 30.5 Å². The van der Waals surface area contributed by atoms with Gasteiger partial charge in [-0.25, -0.2) is 4.98 Å². The van der Waals surface area contributed by atoms with E-state index in [1.807, 2.05) is 12.1 Å². The zero-order chi connectivity index (χ0) is 16.1. The highest BCUT2D eigenvalue weighted by Crippen LogP contribution is 2.24. The van der Waals surface area contributed by atoms with E-state index in [4.69, 9.17) is 4.74 Å². The Balaban J connectivity index is 0.00000156. The highest BCUT2D eigenvalue weighted by atomic mass is 35.5. The van der Waals surface area contributed by atoms with Gasteiger partial charge >= 0.3 is 0 Å². The normalized spacial score (nSPS) is 16.4. The van der Waals surface area contributed by atoms with Crippen molar-refractivity contribution < 1.29 is 9.53 Å². The molecule has 0 bridgehead atoms. The first-order chi connectivity index (χ1) is 11.3. The number of aromatic nitrogens is 2. The van der Waals surface area contributed by atoms with Crippen LogP contribution in [0.5, 0.6) is 5.75 Å². The van der Waals surface area contributed by atoms with Crippen molar-refractivity contribution in [2.24, 2.45) is 0 Å². The summed E-state index contributed by atoms with van der Waals surface area (Å²) in [5, 5.41) is 8.61. The van der Waals surface area contributed by atoms with Crippen LogP contribution >= 0.6 is 36.2 Å². The Labute approximate surface area is 163 Å². The second-order valence-electron chi connectivity index (χ2n) is 5.15.